The van der Waals surface area contributed by atoms with Crippen molar-refractivity contribution in [2.75, 3.05) is 50.6 Å². The number of nitrogens with one attached hydrogen (secondary N) is 2. The van der Waals surface area contributed by atoms with E-state index in [4.69, 9.17) is 21.7 Å². The number of ether oxygens (including phenoxy) is 2. The maximum absolute atomic E-state index is 13.1. The van der Waals surface area contributed by atoms with Crippen molar-refractivity contribution in [3.8, 4) is 11.5 Å². The molecule has 1 fully saturated rings. The van der Waals surface area contributed by atoms with Gasteiger partial charge in [-0.2, -0.15) is 0 Å². The molecule has 2 amide bonds. The minimum Gasteiger partial charge on any atom is -0.497 e. The number of hydrogen-bond donors (Lipinski definition) is 2. The van der Waals surface area contributed by atoms with Crippen LogP contribution in [0.25, 0.3) is 0 Å². The van der Waals surface area contributed by atoms with E-state index in [1.807, 2.05) is 35.2 Å². The summed E-state index contributed by atoms with van der Waals surface area (Å²) in [5.74, 6) is 0.833. The average Bonchev–Trinajstić information content (AvgIpc) is 2.93. The van der Waals surface area contributed by atoms with E-state index in [1.165, 1.54) is 0 Å². The molecule has 1 aliphatic rings. The molecule has 4 rings (SSSR count). The zero-order valence-corrected chi connectivity index (χ0v) is 22.9. The van der Waals surface area contributed by atoms with Gasteiger partial charge in [-0.1, -0.05) is 12.1 Å². The van der Waals surface area contributed by atoms with Gasteiger partial charge in [0.25, 0.3) is 11.8 Å². The van der Waals surface area contributed by atoms with Crippen LogP contribution in [0.2, 0.25) is 0 Å². The summed E-state index contributed by atoms with van der Waals surface area (Å²) in [6.07, 6.45) is 0. The summed E-state index contributed by atoms with van der Waals surface area (Å²) < 4.78 is 11.3. The molecule has 3 aromatic carbocycles. The number of carbonyl (C=O) groups excluding carboxylic acids is 2. The van der Waals surface area contributed by atoms with Gasteiger partial charge in [0.1, 0.15) is 11.5 Å². The van der Waals surface area contributed by atoms with Crippen LogP contribution in [0.15, 0.2) is 71.2 Å². The SMILES string of the molecule is COc1cc(OC)cc(C(=O)N2CCN(c3ccc(NC(=S)NC(=O)c4ccccc4Br)cc3)CC2)c1. The van der Waals surface area contributed by atoms with E-state index in [0.717, 1.165) is 11.4 Å². The molecule has 8 nitrogen and oxygen atoms in total. The number of hydrogen-bond acceptors (Lipinski definition) is 6. The fourth-order valence-corrected chi connectivity index (χ4v) is 4.69. The summed E-state index contributed by atoms with van der Waals surface area (Å²) in [5, 5.41) is 5.96. The van der Waals surface area contributed by atoms with Crippen molar-refractivity contribution in [3.63, 3.8) is 0 Å². The Kier molecular flexibility index (Phi) is 8.62. The summed E-state index contributed by atoms with van der Waals surface area (Å²) >= 11 is 8.67. The highest BCUT2D eigenvalue weighted by Gasteiger charge is 2.23. The van der Waals surface area contributed by atoms with Crippen molar-refractivity contribution >= 4 is 56.4 Å². The average molecular weight is 584 g/mol. The van der Waals surface area contributed by atoms with E-state index < -0.39 is 0 Å². The molecule has 37 heavy (non-hydrogen) atoms. The first kappa shape index (κ1) is 26.4. The van der Waals surface area contributed by atoms with Gasteiger partial charge < -0.3 is 24.6 Å². The predicted octanol–water partition coefficient (Wildman–Crippen LogP) is 4.56. The first-order chi connectivity index (χ1) is 17.9. The lowest BCUT2D eigenvalue weighted by molar-refractivity contribution is 0.0745. The number of piperazine rings is 1. The molecule has 0 radical (unpaired) electrons. The fraction of sp³-hybridized carbons (Fsp3) is 0.222. The first-order valence-electron chi connectivity index (χ1n) is 11.6. The number of nitrogens with zero attached hydrogens (tertiary/aromatic N) is 2. The lowest BCUT2D eigenvalue weighted by atomic mass is 10.1. The molecule has 0 unspecified atom stereocenters. The third-order valence-electron chi connectivity index (χ3n) is 6.00. The molecular formula is C27H27BrN4O4S. The summed E-state index contributed by atoms with van der Waals surface area (Å²) in [5.41, 5.74) is 2.86. The van der Waals surface area contributed by atoms with Crippen LogP contribution >= 0.6 is 28.1 Å². The van der Waals surface area contributed by atoms with Crippen LogP contribution < -0.4 is 25.0 Å². The zero-order chi connectivity index (χ0) is 26.4. The highest BCUT2D eigenvalue weighted by Crippen LogP contribution is 2.25. The number of methoxy groups -OCH3 is 2. The number of benzene rings is 3. The van der Waals surface area contributed by atoms with Gasteiger partial charge in [-0.25, -0.2) is 0 Å². The molecule has 0 bridgehead atoms. The van der Waals surface area contributed by atoms with Gasteiger partial charge >= 0.3 is 0 Å². The minimum atomic E-state index is -0.290. The molecule has 1 aliphatic heterocycles. The molecule has 3 aromatic rings. The Morgan fingerprint density at radius 2 is 1.51 bits per heavy atom. The fourth-order valence-electron chi connectivity index (χ4n) is 4.01. The van der Waals surface area contributed by atoms with Crippen molar-refractivity contribution in [2.45, 2.75) is 0 Å². The molecule has 1 saturated heterocycles. The quantitative estimate of drug-likeness (QED) is 0.412. The normalized spacial score (nSPS) is 13.1. The molecule has 2 N–H and O–H groups in total. The third-order valence-corrected chi connectivity index (χ3v) is 6.90. The third kappa shape index (κ3) is 6.58. The number of carbonyl (C=O) groups is 2. The Bertz CT molecular complexity index is 1270. The Morgan fingerprint density at radius 3 is 2.11 bits per heavy atom. The highest BCUT2D eigenvalue weighted by molar-refractivity contribution is 9.10. The molecule has 192 valence electrons. The van der Waals surface area contributed by atoms with Crippen LogP contribution in [0.3, 0.4) is 0 Å². The van der Waals surface area contributed by atoms with E-state index in [-0.39, 0.29) is 16.9 Å². The van der Waals surface area contributed by atoms with Gasteiger partial charge in [0, 0.05) is 53.7 Å². The van der Waals surface area contributed by atoms with Gasteiger partial charge in [0.15, 0.2) is 5.11 Å². The molecule has 0 saturated carbocycles. The maximum Gasteiger partial charge on any atom is 0.258 e. The number of amides is 2. The van der Waals surface area contributed by atoms with Crippen LogP contribution in [-0.4, -0.2) is 62.2 Å². The Hall–Kier alpha value is -3.63. The smallest absolute Gasteiger partial charge is 0.258 e. The monoisotopic (exact) mass is 582 g/mol. The lowest BCUT2D eigenvalue weighted by Crippen LogP contribution is -2.48. The maximum atomic E-state index is 13.1. The summed E-state index contributed by atoms with van der Waals surface area (Å²) in [7, 11) is 3.13. The van der Waals surface area contributed by atoms with Crippen molar-refractivity contribution in [2.24, 2.45) is 0 Å². The molecular weight excluding hydrogens is 556 g/mol. The standard InChI is InChI=1S/C27H27BrN4O4S/c1-35-21-15-18(16-22(17-21)36-2)26(34)32-13-11-31(12-14-32)20-9-7-19(8-10-20)29-27(37)30-25(33)23-5-3-4-6-24(23)28/h3-10,15-17H,11-14H2,1-2H3,(H2,29,30,33,37). The Balaban J connectivity index is 1.31. The second kappa shape index (κ2) is 12.1. The van der Waals surface area contributed by atoms with Crippen molar-refractivity contribution in [3.05, 3.63) is 82.3 Å². The molecule has 0 aromatic heterocycles. The molecule has 0 atom stereocenters. The first-order valence-corrected chi connectivity index (χ1v) is 12.8. The largest absolute Gasteiger partial charge is 0.497 e. The van der Waals surface area contributed by atoms with Gasteiger partial charge in [-0.05, 0) is 76.7 Å². The predicted molar refractivity (Wildman–Crippen MR) is 152 cm³/mol. The molecule has 0 spiro atoms. The Morgan fingerprint density at radius 1 is 0.892 bits per heavy atom. The highest BCUT2D eigenvalue weighted by atomic mass is 79.9. The van der Waals surface area contributed by atoms with Gasteiger partial charge in [0.2, 0.25) is 0 Å². The minimum absolute atomic E-state index is 0.0468. The van der Waals surface area contributed by atoms with Crippen LogP contribution in [0, 0.1) is 0 Å². The second-order valence-corrected chi connectivity index (χ2v) is 9.58. The van der Waals surface area contributed by atoms with E-state index >= 15 is 0 Å². The zero-order valence-electron chi connectivity index (χ0n) is 20.5. The van der Waals surface area contributed by atoms with Crippen LogP contribution in [0.1, 0.15) is 20.7 Å². The van der Waals surface area contributed by atoms with E-state index in [1.54, 1.807) is 50.6 Å². The van der Waals surface area contributed by atoms with E-state index in [2.05, 4.69) is 31.5 Å². The lowest BCUT2D eigenvalue weighted by Gasteiger charge is -2.36. The number of thiocarbonyl (C=S) groups is 1. The van der Waals surface area contributed by atoms with Crippen LogP contribution in [0.5, 0.6) is 11.5 Å². The summed E-state index contributed by atoms with van der Waals surface area (Å²) in [4.78, 5) is 29.6. The summed E-state index contributed by atoms with van der Waals surface area (Å²) in [6.45, 7) is 2.62. The van der Waals surface area contributed by atoms with Gasteiger partial charge in [-0.3, -0.25) is 14.9 Å². The topological polar surface area (TPSA) is 83.1 Å². The molecule has 1 heterocycles. The number of halogens is 1. The summed E-state index contributed by atoms with van der Waals surface area (Å²) in [6, 6.07) is 20.2. The van der Waals surface area contributed by atoms with Gasteiger partial charge in [0.05, 0.1) is 19.8 Å². The number of anilines is 2. The van der Waals surface area contributed by atoms with E-state index in [9.17, 15) is 9.59 Å². The van der Waals surface area contributed by atoms with Crippen molar-refractivity contribution in [1.82, 2.24) is 10.2 Å². The van der Waals surface area contributed by atoms with Crippen LogP contribution in [0.4, 0.5) is 11.4 Å². The Labute approximate surface area is 229 Å². The molecule has 10 heteroatoms. The van der Waals surface area contributed by atoms with Crippen molar-refractivity contribution < 1.29 is 19.1 Å². The van der Waals surface area contributed by atoms with Crippen molar-refractivity contribution in [1.29, 1.82) is 0 Å². The van der Waals surface area contributed by atoms with E-state index in [0.29, 0.717) is 53.3 Å². The molecule has 0 aliphatic carbocycles. The second-order valence-electron chi connectivity index (χ2n) is 8.32. The van der Waals surface area contributed by atoms with Gasteiger partial charge in [-0.15, -0.1) is 0 Å². The van der Waals surface area contributed by atoms with Crippen LogP contribution in [-0.2, 0) is 0 Å². The number of rotatable bonds is 6.